The SMILES string of the molecule is CCC[N+](C)(C)CCCNC(=O)C(Cc1ccc(O)c(OC)c1)C(=O)NCCC[N+](C)(C)CC. The zero-order valence-electron chi connectivity index (χ0n) is 22.4. The van der Waals surface area contributed by atoms with Gasteiger partial charge in [-0.15, -0.1) is 0 Å². The molecular weight excluding hydrogens is 432 g/mol. The minimum Gasteiger partial charge on any atom is -0.504 e. The molecule has 34 heavy (non-hydrogen) atoms. The summed E-state index contributed by atoms with van der Waals surface area (Å²) in [6.45, 7) is 9.42. The Bertz CT molecular complexity index is 780. The van der Waals surface area contributed by atoms with Gasteiger partial charge in [0.15, 0.2) is 11.5 Å². The lowest BCUT2D eigenvalue weighted by Gasteiger charge is -2.29. The fourth-order valence-corrected chi connectivity index (χ4v) is 3.95. The van der Waals surface area contributed by atoms with Gasteiger partial charge in [-0.1, -0.05) is 13.0 Å². The van der Waals surface area contributed by atoms with E-state index in [-0.39, 0.29) is 24.0 Å². The summed E-state index contributed by atoms with van der Waals surface area (Å²) in [6.07, 6.45) is 3.05. The van der Waals surface area contributed by atoms with Crippen molar-refractivity contribution in [3.8, 4) is 11.5 Å². The van der Waals surface area contributed by atoms with Crippen molar-refractivity contribution < 1.29 is 28.4 Å². The van der Waals surface area contributed by atoms with Gasteiger partial charge in [0.1, 0.15) is 5.92 Å². The van der Waals surface area contributed by atoms with E-state index in [2.05, 4.69) is 52.7 Å². The number of quaternary nitrogens is 2. The number of phenols is 1. The number of benzene rings is 1. The van der Waals surface area contributed by atoms with E-state index in [4.69, 9.17) is 4.74 Å². The lowest BCUT2D eigenvalue weighted by Crippen LogP contribution is -2.45. The van der Waals surface area contributed by atoms with Crippen LogP contribution in [-0.2, 0) is 16.0 Å². The Labute approximate surface area is 206 Å². The van der Waals surface area contributed by atoms with E-state index >= 15 is 0 Å². The molecule has 0 aliphatic carbocycles. The van der Waals surface area contributed by atoms with Crippen LogP contribution in [-0.4, -0.2) is 100 Å². The monoisotopic (exact) mass is 480 g/mol. The van der Waals surface area contributed by atoms with Crippen LogP contribution in [0.2, 0.25) is 0 Å². The Morgan fingerprint density at radius 1 is 0.941 bits per heavy atom. The van der Waals surface area contributed by atoms with E-state index in [0.29, 0.717) is 18.8 Å². The van der Waals surface area contributed by atoms with Crippen LogP contribution in [0.3, 0.4) is 0 Å². The maximum absolute atomic E-state index is 13.0. The van der Waals surface area contributed by atoms with Gasteiger partial charge in [0.25, 0.3) is 0 Å². The first-order chi connectivity index (χ1) is 15.9. The molecule has 1 aromatic rings. The van der Waals surface area contributed by atoms with Crippen molar-refractivity contribution in [3.05, 3.63) is 23.8 Å². The summed E-state index contributed by atoms with van der Waals surface area (Å²) in [5, 5.41) is 15.8. The molecule has 1 unspecified atom stereocenters. The van der Waals surface area contributed by atoms with E-state index in [0.717, 1.165) is 60.0 Å². The molecular formula is C26H48N4O4+2. The molecule has 0 saturated carbocycles. The van der Waals surface area contributed by atoms with Crippen LogP contribution < -0.4 is 15.4 Å². The predicted octanol–water partition coefficient (Wildman–Crippen LogP) is 2.15. The standard InChI is InChI=1S/C26H46N4O4/c1-8-16-30(5,6)18-11-15-28-26(33)22(19-21-12-13-23(31)24(20-21)34-7)25(32)27-14-10-17-29(3,4)9-2/h12-13,20,22H,8-11,14-19H2,1-7H3,(H-2,27,28,31,32,33)/p+2. The average molecular weight is 481 g/mol. The number of nitrogens with zero attached hydrogens (tertiary/aromatic N) is 2. The highest BCUT2D eigenvalue weighted by Gasteiger charge is 2.27. The number of phenolic OH excluding ortho intramolecular Hbond substituents is 1. The molecule has 0 aliphatic rings. The van der Waals surface area contributed by atoms with E-state index in [9.17, 15) is 14.7 Å². The molecule has 8 nitrogen and oxygen atoms in total. The second-order valence-electron chi connectivity index (χ2n) is 10.4. The fourth-order valence-electron chi connectivity index (χ4n) is 3.95. The summed E-state index contributed by atoms with van der Waals surface area (Å²) in [4.78, 5) is 26.1. The van der Waals surface area contributed by atoms with E-state index < -0.39 is 5.92 Å². The number of nitrogens with one attached hydrogen (secondary N) is 2. The quantitative estimate of drug-likeness (QED) is 0.192. The lowest BCUT2D eigenvalue weighted by atomic mass is 9.97. The second kappa shape index (κ2) is 14.2. The number of carbonyl (C=O) groups is 2. The minimum atomic E-state index is -0.846. The Hall–Kier alpha value is -2.32. The van der Waals surface area contributed by atoms with Gasteiger partial charge in [-0.3, -0.25) is 9.59 Å². The van der Waals surface area contributed by atoms with E-state index in [1.54, 1.807) is 12.1 Å². The van der Waals surface area contributed by atoms with Crippen LogP contribution >= 0.6 is 0 Å². The van der Waals surface area contributed by atoms with Gasteiger partial charge in [0, 0.05) is 25.9 Å². The zero-order chi connectivity index (χ0) is 25.8. The molecule has 3 N–H and O–H groups in total. The first-order valence-corrected chi connectivity index (χ1v) is 12.5. The number of ether oxygens (including phenoxy) is 1. The number of rotatable bonds is 16. The van der Waals surface area contributed by atoms with Crippen LogP contribution in [0.5, 0.6) is 11.5 Å². The molecule has 0 bridgehead atoms. The van der Waals surface area contributed by atoms with Gasteiger partial charge in [-0.05, 0) is 37.5 Å². The normalized spacial score (nSPS) is 12.8. The molecule has 0 fully saturated rings. The highest BCUT2D eigenvalue weighted by atomic mass is 16.5. The lowest BCUT2D eigenvalue weighted by molar-refractivity contribution is -0.890. The average Bonchev–Trinajstić information content (AvgIpc) is 2.78. The Balaban J connectivity index is 2.79. The van der Waals surface area contributed by atoms with Crippen LogP contribution in [0.15, 0.2) is 18.2 Å². The molecule has 0 spiro atoms. The molecule has 0 aliphatic heterocycles. The summed E-state index contributed by atoms with van der Waals surface area (Å²) in [5.74, 6) is -1.03. The van der Waals surface area contributed by atoms with Gasteiger partial charge in [-0.25, -0.2) is 0 Å². The van der Waals surface area contributed by atoms with Gasteiger partial charge >= 0.3 is 0 Å². The maximum atomic E-state index is 13.0. The summed E-state index contributed by atoms with van der Waals surface area (Å²) >= 11 is 0. The largest absolute Gasteiger partial charge is 0.504 e. The third kappa shape index (κ3) is 10.7. The number of methoxy groups -OCH3 is 1. The first kappa shape index (κ1) is 29.7. The molecule has 8 heteroatoms. The van der Waals surface area contributed by atoms with Gasteiger partial charge in [0.2, 0.25) is 11.8 Å². The van der Waals surface area contributed by atoms with Crippen LogP contribution in [0.4, 0.5) is 0 Å². The minimum absolute atomic E-state index is 0.0289. The molecule has 0 saturated heterocycles. The third-order valence-corrected chi connectivity index (χ3v) is 6.48. The zero-order valence-corrected chi connectivity index (χ0v) is 22.4. The van der Waals surface area contributed by atoms with Crippen molar-refractivity contribution in [2.24, 2.45) is 5.92 Å². The highest BCUT2D eigenvalue weighted by molar-refractivity contribution is 6.00. The predicted molar refractivity (Wildman–Crippen MR) is 137 cm³/mol. The van der Waals surface area contributed by atoms with Crippen LogP contribution in [0.1, 0.15) is 38.7 Å². The van der Waals surface area contributed by atoms with Crippen LogP contribution in [0, 0.1) is 5.92 Å². The molecule has 1 rings (SSSR count). The number of aromatic hydroxyl groups is 1. The Morgan fingerprint density at radius 2 is 1.50 bits per heavy atom. The smallest absolute Gasteiger partial charge is 0.232 e. The van der Waals surface area contributed by atoms with E-state index in [1.807, 2.05) is 0 Å². The Morgan fingerprint density at radius 3 is 2.00 bits per heavy atom. The second-order valence-corrected chi connectivity index (χ2v) is 10.4. The summed E-state index contributed by atoms with van der Waals surface area (Å²) in [6, 6.07) is 4.92. The van der Waals surface area contributed by atoms with Crippen molar-refractivity contribution in [2.75, 3.05) is 74.6 Å². The molecule has 0 heterocycles. The summed E-state index contributed by atoms with van der Waals surface area (Å²) in [5.41, 5.74) is 0.759. The number of hydrogen-bond acceptors (Lipinski definition) is 4. The molecule has 1 aromatic carbocycles. The topological polar surface area (TPSA) is 87.7 Å². The van der Waals surface area contributed by atoms with Crippen molar-refractivity contribution in [1.82, 2.24) is 10.6 Å². The van der Waals surface area contributed by atoms with Gasteiger partial charge in [0.05, 0.1) is 61.5 Å². The Kier molecular flexibility index (Phi) is 12.4. The fraction of sp³-hybridized carbons (Fsp3) is 0.692. The van der Waals surface area contributed by atoms with E-state index in [1.165, 1.54) is 13.2 Å². The van der Waals surface area contributed by atoms with Crippen molar-refractivity contribution in [1.29, 1.82) is 0 Å². The van der Waals surface area contributed by atoms with Crippen molar-refractivity contribution in [2.45, 2.75) is 39.5 Å². The highest BCUT2D eigenvalue weighted by Crippen LogP contribution is 2.27. The number of carbonyl (C=O) groups excluding carboxylic acids is 2. The molecule has 194 valence electrons. The molecule has 0 radical (unpaired) electrons. The maximum Gasteiger partial charge on any atom is 0.232 e. The van der Waals surface area contributed by atoms with Crippen molar-refractivity contribution in [3.63, 3.8) is 0 Å². The summed E-state index contributed by atoms with van der Waals surface area (Å²) < 4.78 is 6.99. The van der Waals surface area contributed by atoms with Gasteiger partial charge in [-0.2, -0.15) is 0 Å². The van der Waals surface area contributed by atoms with Crippen molar-refractivity contribution >= 4 is 11.8 Å². The van der Waals surface area contributed by atoms with Gasteiger partial charge < -0.3 is 29.4 Å². The number of hydrogen-bond donors (Lipinski definition) is 3. The summed E-state index contributed by atoms with van der Waals surface area (Å²) in [7, 11) is 10.2. The molecule has 0 aromatic heterocycles. The number of amides is 2. The third-order valence-electron chi connectivity index (χ3n) is 6.48. The van der Waals surface area contributed by atoms with Crippen LogP contribution in [0.25, 0.3) is 0 Å². The molecule has 2 amide bonds. The molecule has 1 atom stereocenters. The first-order valence-electron chi connectivity index (χ1n) is 12.5.